The maximum atomic E-state index is 9.06. The monoisotopic (exact) mass is 206 g/mol. The van der Waals surface area contributed by atoms with Crippen molar-refractivity contribution < 1.29 is 0 Å². The van der Waals surface area contributed by atoms with E-state index in [0.717, 1.165) is 25.1 Å². The lowest BCUT2D eigenvalue weighted by Gasteiger charge is -2.22. The van der Waals surface area contributed by atoms with Crippen LogP contribution in [0.1, 0.15) is 25.8 Å². The van der Waals surface area contributed by atoms with Crippen LogP contribution in [0.4, 0.5) is 0 Å². The van der Waals surface area contributed by atoms with Gasteiger partial charge in [-0.3, -0.25) is 10.00 Å². The van der Waals surface area contributed by atoms with Crippen molar-refractivity contribution in [1.82, 2.24) is 15.1 Å². The normalized spacial score (nSPS) is 14.5. The smallest absolute Gasteiger partial charge is 0.105 e. The van der Waals surface area contributed by atoms with Crippen LogP contribution in [-0.4, -0.2) is 21.9 Å². The zero-order valence-corrected chi connectivity index (χ0v) is 9.62. The van der Waals surface area contributed by atoms with E-state index in [4.69, 9.17) is 5.26 Å². The first-order valence-corrected chi connectivity index (χ1v) is 5.25. The van der Waals surface area contributed by atoms with E-state index in [0.29, 0.717) is 0 Å². The minimum atomic E-state index is -0.450. The lowest BCUT2D eigenvalue weighted by atomic mass is 10.00. The van der Waals surface area contributed by atoms with E-state index in [2.05, 4.69) is 16.5 Å². The van der Waals surface area contributed by atoms with Crippen molar-refractivity contribution in [3.8, 4) is 6.07 Å². The number of nitrogens with zero attached hydrogens (tertiary/aromatic N) is 3. The third-order valence-corrected chi connectivity index (χ3v) is 2.42. The fourth-order valence-corrected chi connectivity index (χ4v) is 1.50. The van der Waals surface area contributed by atoms with Gasteiger partial charge in [-0.15, -0.1) is 0 Å². The van der Waals surface area contributed by atoms with E-state index in [-0.39, 0.29) is 0 Å². The third kappa shape index (κ3) is 3.37. The zero-order chi connectivity index (χ0) is 11.3. The van der Waals surface area contributed by atoms with Crippen molar-refractivity contribution in [2.24, 2.45) is 0 Å². The van der Waals surface area contributed by atoms with E-state index in [1.165, 1.54) is 0 Å². The molecule has 0 saturated heterocycles. The number of hydrogen-bond acceptors (Lipinski definition) is 3. The Balaban J connectivity index is 2.51. The molecular weight excluding hydrogens is 188 g/mol. The van der Waals surface area contributed by atoms with Gasteiger partial charge in [0.15, 0.2) is 0 Å². The second-order valence-corrected chi connectivity index (χ2v) is 4.00. The minimum absolute atomic E-state index is 0.450. The molecule has 0 bridgehead atoms. The number of nitriles is 1. The van der Waals surface area contributed by atoms with Crippen molar-refractivity contribution in [2.45, 2.75) is 39.3 Å². The van der Waals surface area contributed by atoms with Crippen molar-refractivity contribution >= 4 is 0 Å². The molecule has 0 aliphatic carbocycles. The lowest BCUT2D eigenvalue weighted by molar-refractivity contribution is 0.390. The van der Waals surface area contributed by atoms with Crippen molar-refractivity contribution in [1.29, 1.82) is 5.26 Å². The molecule has 0 spiro atoms. The van der Waals surface area contributed by atoms with Gasteiger partial charge in [-0.1, -0.05) is 6.92 Å². The van der Waals surface area contributed by atoms with Gasteiger partial charge in [0.1, 0.15) is 5.54 Å². The number of aromatic nitrogens is 2. The van der Waals surface area contributed by atoms with E-state index < -0.39 is 5.54 Å². The Labute approximate surface area is 90.9 Å². The van der Waals surface area contributed by atoms with Gasteiger partial charge in [-0.25, -0.2) is 0 Å². The molecule has 82 valence electrons. The first-order valence-electron chi connectivity index (χ1n) is 5.25. The van der Waals surface area contributed by atoms with Crippen LogP contribution in [0, 0.1) is 18.3 Å². The van der Waals surface area contributed by atoms with Gasteiger partial charge in [0.2, 0.25) is 0 Å². The zero-order valence-electron chi connectivity index (χ0n) is 9.62. The van der Waals surface area contributed by atoms with E-state index in [9.17, 15) is 0 Å². The first-order chi connectivity index (χ1) is 7.09. The highest BCUT2D eigenvalue weighted by Gasteiger charge is 2.21. The molecule has 0 aliphatic heterocycles. The van der Waals surface area contributed by atoms with Crippen LogP contribution in [0.2, 0.25) is 0 Å². The predicted molar refractivity (Wildman–Crippen MR) is 59.3 cm³/mol. The van der Waals surface area contributed by atoms with Crippen LogP contribution in [0.5, 0.6) is 0 Å². The molecular formula is C11H18N4. The standard InChI is InChI=1S/C11H18N4/c1-4-13-11(3,9-12)5-6-15-8-10(2)7-14-15/h7-8,13H,4-6H2,1-3H3. The fraction of sp³-hybridized carbons (Fsp3) is 0.636. The highest BCUT2D eigenvalue weighted by Crippen LogP contribution is 2.09. The van der Waals surface area contributed by atoms with Gasteiger partial charge in [0, 0.05) is 12.7 Å². The van der Waals surface area contributed by atoms with Crippen LogP contribution in [0.25, 0.3) is 0 Å². The Bertz CT molecular complexity index is 350. The molecule has 15 heavy (non-hydrogen) atoms. The van der Waals surface area contributed by atoms with Gasteiger partial charge in [0.25, 0.3) is 0 Å². The molecule has 1 aromatic rings. The Morgan fingerprint density at radius 3 is 2.87 bits per heavy atom. The molecule has 0 radical (unpaired) electrons. The molecule has 1 unspecified atom stereocenters. The molecule has 1 heterocycles. The molecule has 4 nitrogen and oxygen atoms in total. The average Bonchev–Trinajstić information content (AvgIpc) is 2.62. The second-order valence-electron chi connectivity index (χ2n) is 4.00. The summed E-state index contributed by atoms with van der Waals surface area (Å²) < 4.78 is 1.88. The Morgan fingerprint density at radius 2 is 2.40 bits per heavy atom. The molecule has 0 aliphatic rings. The van der Waals surface area contributed by atoms with Crippen LogP contribution in [0.3, 0.4) is 0 Å². The summed E-state index contributed by atoms with van der Waals surface area (Å²) in [6, 6.07) is 2.30. The highest BCUT2D eigenvalue weighted by molar-refractivity contribution is 5.04. The summed E-state index contributed by atoms with van der Waals surface area (Å²) in [4.78, 5) is 0. The summed E-state index contributed by atoms with van der Waals surface area (Å²) in [5.41, 5.74) is 0.700. The largest absolute Gasteiger partial charge is 0.300 e. The third-order valence-electron chi connectivity index (χ3n) is 2.42. The summed E-state index contributed by atoms with van der Waals surface area (Å²) in [6.07, 6.45) is 4.58. The summed E-state index contributed by atoms with van der Waals surface area (Å²) >= 11 is 0. The maximum absolute atomic E-state index is 9.06. The number of nitrogens with one attached hydrogen (secondary N) is 1. The molecule has 1 rings (SSSR count). The summed E-state index contributed by atoms with van der Waals surface area (Å²) in [6.45, 7) is 7.52. The van der Waals surface area contributed by atoms with Gasteiger partial charge < -0.3 is 0 Å². The molecule has 0 saturated carbocycles. The molecule has 0 aromatic carbocycles. The van der Waals surface area contributed by atoms with Crippen LogP contribution < -0.4 is 5.32 Å². The molecule has 1 aromatic heterocycles. The van der Waals surface area contributed by atoms with Gasteiger partial charge in [-0.05, 0) is 32.4 Å². The Hall–Kier alpha value is -1.34. The quantitative estimate of drug-likeness (QED) is 0.793. The van der Waals surface area contributed by atoms with Crippen LogP contribution in [-0.2, 0) is 6.54 Å². The van der Waals surface area contributed by atoms with E-state index >= 15 is 0 Å². The van der Waals surface area contributed by atoms with E-state index in [1.807, 2.05) is 37.8 Å². The number of aryl methyl sites for hydroxylation is 2. The molecule has 4 heteroatoms. The lowest BCUT2D eigenvalue weighted by Crippen LogP contribution is -2.41. The van der Waals surface area contributed by atoms with Crippen molar-refractivity contribution in [3.63, 3.8) is 0 Å². The molecule has 0 amide bonds. The summed E-state index contributed by atoms with van der Waals surface area (Å²) in [7, 11) is 0. The second kappa shape index (κ2) is 4.94. The van der Waals surface area contributed by atoms with Crippen LogP contribution in [0.15, 0.2) is 12.4 Å². The fourth-order valence-electron chi connectivity index (χ4n) is 1.50. The number of rotatable bonds is 5. The Kier molecular flexibility index (Phi) is 3.87. The predicted octanol–water partition coefficient (Wildman–Crippen LogP) is 1.47. The van der Waals surface area contributed by atoms with Gasteiger partial charge >= 0.3 is 0 Å². The highest BCUT2D eigenvalue weighted by atomic mass is 15.3. The maximum Gasteiger partial charge on any atom is 0.105 e. The summed E-state index contributed by atoms with van der Waals surface area (Å²) in [5, 5.41) is 16.4. The average molecular weight is 206 g/mol. The molecule has 1 N–H and O–H groups in total. The molecule has 1 atom stereocenters. The van der Waals surface area contributed by atoms with E-state index in [1.54, 1.807) is 0 Å². The van der Waals surface area contributed by atoms with Gasteiger partial charge in [-0.2, -0.15) is 10.4 Å². The van der Waals surface area contributed by atoms with Crippen molar-refractivity contribution in [2.75, 3.05) is 6.54 Å². The number of hydrogen-bond donors (Lipinski definition) is 1. The van der Waals surface area contributed by atoms with Crippen molar-refractivity contribution in [3.05, 3.63) is 18.0 Å². The Morgan fingerprint density at radius 1 is 1.67 bits per heavy atom. The topological polar surface area (TPSA) is 53.6 Å². The minimum Gasteiger partial charge on any atom is -0.300 e. The van der Waals surface area contributed by atoms with Gasteiger partial charge in [0.05, 0.1) is 12.3 Å². The SMILES string of the molecule is CCNC(C)(C#N)CCn1cc(C)cn1. The van der Waals surface area contributed by atoms with Crippen LogP contribution >= 0.6 is 0 Å². The summed E-state index contributed by atoms with van der Waals surface area (Å²) in [5.74, 6) is 0. The first kappa shape index (κ1) is 11.7. The molecule has 0 fully saturated rings.